The first-order chi connectivity index (χ1) is 8.43. The Morgan fingerprint density at radius 2 is 2.24 bits per heavy atom. The molecular formula is C12H10N4S. The maximum atomic E-state index is 4.54. The van der Waals surface area contributed by atoms with E-state index in [9.17, 15) is 0 Å². The Morgan fingerprint density at radius 3 is 3.24 bits per heavy atom. The fourth-order valence-electron chi connectivity index (χ4n) is 2.45. The summed E-state index contributed by atoms with van der Waals surface area (Å²) in [5.74, 6) is 0. The first-order valence-electron chi connectivity index (χ1n) is 5.63. The highest BCUT2D eigenvalue weighted by Gasteiger charge is 2.17. The molecule has 0 atom stereocenters. The molecule has 17 heavy (non-hydrogen) atoms. The summed E-state index contributed by atoms with van der Waals surface area (Å²) in [7, 11) is 0. The zero-order chi connectivity index (χ0) is 11.2. The summed E-state index contributed by atoms with van der Waals surface area (Å²) >= 11 is 1.68. The van der Waals surface area contributed by atoms with Gasteiger partial charge in [0.1, 0.15) is 11.2 Å². The summed E-state index contributed by atoms with van der Waals surface area (Å²) in [5.41, 5.74) is 3.78. The molecule has 0 saturated heterocycles. The third kappa shape index (κ3) is 1.29. The summed E-state index contributed by atoms with van der Waals surface area (Å²) < 4.78 is 1.13. The molecule has 0 bridgehead atoms. The van der Waals surface area contributed by atoms with Crippen LogP contribution in [0.5, 0.6) is 0 Å². The second-order valence-corrected chi connectivity index (χ2v) is 5.24. The maximum Gasteiger partial charge on any atom is 0.126 e. The minimum atomic E-state index is 0.917. The Morgan fingerprint density at radius 1 is 1.24 bits per heavy atom. The number of hydrogen-bond donors (Lipinski definition) is 1. The molecule has 0 unspecified atom stereocenters. The van der Waals surface area contributed by atoms with E-state index in [-0.39, 0.29) is 0 Å². The number of fused-ring (bicyclic) bond motifs is 5. The first kappa shape index (κ1) is 9.44. The molecule has 0 saturated carbocycles. The van der Waals surface area contributed by atoms with Gasteiger partial charge in [0.15, 0.2) is 0 Å². The third-order valence-electron chi connectivity index (χ3n) is 3.23. The van der Waals surface area contributed by atoms with Gasteiger partial charge in [0.2, 0.25) is 0 Å². The molecule has 0 aromatic carbocycles. The molecule has 0 fully saturated rings. The van der Waals surface area contributed by atoms with E-state index >= 15 is 0 Å². The summed E-state index contributed by atoms with van der Waals surface area (Å²) in [6.45, 7) is 1.95. The van der Waals surface area contributed by atoms with Gasteiger partial charge in [-0.25, -0.2) is 15.0 Å². The van der Waals surface area contributed by atoms with Crippen molar-refractivity contribution < 1.29 is 0 Å². The van der Waals surface area contributed by atoms with Gasteiger partial charge >= 0.3 is 0 Å². The van der Waals surface area contributed by atoms with Gasteiger partial charge in [0, 0.05) is 24.3 Å². The van der Waals surface area contributed by atoms with Gasteiger partial charge in [-0.3, -0.25) is 0 Å². The topological polar surface area (TPSA) is 50.7 Å². The summed E-state index contributed by atoms with van der Waals surface area (Å²) in [5, 5.41) is 4.62. The molecular weight excluding hydrogens is 232 g/mol. The fraction of sp³-hybridized carbons (Fsp3) is 0.250. The van der Waals surface area contributed by atoms with Crippen LogP contribution in [0.25, 0.3) is 20.4 Å². The Hall–Kier alpha value is -1.59. The highest BCUT2D eigenvalue weighted by atomic mass is 32.1. The largest absolute Gasteiger partial charge is 0.312 e. The molecule has 0 spiro atoms. The van der Waals surface area contributed by atoms with Crippen molar-refractivity contribution in [3.8, 4) is 0 Å². The lowest BCUT2D eigenvalue weighted by molar-refractivity contribution is 0.645. The number of nitrogens with zero attached hydrogens (tertiary/aromatic N) is 3. The van der Waals surface area contributed by atoms with Crippen molar-refractivity contribution in [1.82, 2.24) is 20.3 Å². The van der Waals surface area contributed by atoms with Gasteiger partial charge in [0.05, 0.1) is 10.2 Å². The summed E-state index contributed by atoms with van der Waals surface area (Å²) in [4.78, 5) is 14.1. The van der Waals surface area contributed by atoms with Crippen LogP contribution in [0.4, 0.5) is 0 Å². The zero-order valence-electron chi connectivity index (χ0n) is 9.10. The van der Waals surface area contributed by atoms with Crippen molar-refractivity contribution in [2.75, 3.05) is 6.54 Å². The molecule has 84 valence electrons. The highest BCUT2D eigenvalue weighted by Crippen LogP contribution is 2.34. The fourth-order valence-corrected chi connectivity index (χ4v) is 3.45. The minimum absolute atomic E-state index is 0.917. The van der Waals surface area contributed by atoms with E-state index in [2.05, 4.69) is 20.3 Å². The van der Waals surface area contributed by atoms with Crippen molar-refractivity contribution in [3.05, 3.63) is 29.8 Å². The Labute approximate surface area is 102 Å². The molecule has 3 aromatic heterocycles. The first-order valence-corrected chi connectivity index (χ1v) is 6.45. The van der Waals surface area contributed by atoms with Crippen molar-refractivity contribution in [2.24, 2.45) is 0 Å². The van der Waals surface area contributed by atoms with Crippen molar-refractivity contribution >= 4 is 31.8 Å². The van der Waals surface area contributed by atoms with E-state index < -0.39 is 0 Å². The molecule has 1 N–H and O–H groups in total. The molecule has 5 heteroatoms. The van der Waals surface area contributed by atoms with Crippen molar-refractivity contribution in [1.29, 1.82) is 0 Å². The molecule has 4 rings (SSSR count). The second-order valence-electron chi connectivity index (χ2n) is 4.21. The number of rotatable bonds is 0. The normalized spacial score (nSPS) is 15.3. The second kappa shape index (κ2) is 3.45. The molecule has 0 aliphatic carbocycles. The lowest BCUT2D eigenvalue weighted by Gasteiger charge is -2.17. The summed E-state index contributed by atoms with van der Waals surface area (Å²) in [6.07, 6.45) is 6.55. The van der Waals surface area contributed by atoms with Gasteiger partial charge in [-0.15, -0.1) is 11.3 Å². The van der Waals surface area contributed by atoms with Crippen LogP contribution >= 0.6 is 11.3 Å². The number of aromatic nitrogens is 3. The molecule has 0 radical (unpaired) electrons. The molecule has 3 aromatic rings. The minimum Gasteiger partial charge on any atom is -0.312 e. The van der Waals surface area contributed by atoms with E-state index in [0.717, 1.165) is 34.6 Å². The predicted octanol–water partition coefficient (Wildman–Crippen LogP) is 1.89. The quantitative estimate of drug-likeness (QED) is 0.654. The van der Waals surface area contributed by atoms with Gasteiger partial charge in [-0.2, -0.15) is 0 Å². The Bertz CT molecular complexity index is 719. The lowest BCUT2D eigenvalue weighted by Crippen LogP contribution is -2.23. The Kier molecular flexibility index (Phi) is 1.92. The SMILES string of the molecule is c1ncc2sc3ncc4c(c3c2n1)CCNC4. The van der Waals surface area contributed by atoms with E-state index in [1.165, 1.54) is 16.5 Å². The van der Waals surface area contributed by atoms with Crippen molar-refractivity contribution in [3.63, 3.8) is 0 Å². The lowest BCUT2D eigenvalue weighted by atomic mass is 10.00. The standard InChI is InChI=1S/C12H10N4S/c1-2-13-3-7-4-15-12-10(8(1)7)11-9(17-12)5-14-6-16-11/h4-6,13H,1-3H2. The van der Waals surface area contributed by atoms with Crippen LogP contribution in [0.15, 0.2) is 18.7 Å². The number of thiophene rings is 1. The van der Waals surface area contributed by atoms with Crippen LogP contribution in [0.2, 0.25) is 0 Å². The van der Waals surface area contributed by atoms with Gasteiger partial charge in [-0.05, 0) is 24.1 Å². The average molecular weight is 242 g/mol. The molecule has 1 aliphatic rings. The molecule has 4 nitrogen and oxygen atoms in total. The van der Waals surface area contributed by atoms with E-state index in [1.807, 2.05) is 12.4 Å². The smallest absolute Gasteiger partial charge is 0.126 e. The summed E-state index contributed by atoms with van der Waals surface area (Å²) in [6, 6.07) is 0. The van der Waals surface area contributed by atoms with Crippen LogP contribution in [0, 0.1) is 0 Å². The van der Waals surface area contributed by atoms with E-state index in [4.69, 9.17) is 0 Å². The van der Waals surface area contributed by atoms with Crippen LogP contribution in [0.1, 0.15) is 11.1 Å². The number of pyridine rings is 1. The zero-order valence-corrected chi connectivity index (χ0v) is 9.92. The van der Waals surface area contributed by atoms with E-state index in [1.54, 1.807) is 17.7 Å². The van der Waals surface area contributed by atoms with Gasteiger partial charge < -0.3 is 5.32 Å². The van der Waals surface area contributed by atoms with Gasteiger partial charge in [0.25, 0.3) is 0 Å². The monoisotopic (exact) mass is 242 g/mol. The molecule has 1 aliphatic heterocycles. The maximum absolute atomic E-state index is 4.54. The van der Waals surface area contributed by atoms with Crippen LogP contribution in [0.3, 0.4) is 0 Å². The Balaban J connectivity index is 2.20. The number of nitrogens with one attached hydrogen (secondary N) is 1. The van der Waals surface area contributed by atoms with Crippen LogP contribution in [-0.4, -0.2) is 21.5 Å². The van der Waals surface area contributed by atoms with Crippen LogP contribution in [-0.2, 0) is 13.0 Å². The van der Waals surface area contributed by atoms with Gasteiger partial charge in [-0.1, -0.05) is 0 Å². The van der Waals surface area contributed by atoms with Crippen molar-refractivity contribution in [2.45, 2.75) is 13.0 Å². The average Bonchev–Trinajstić information content (AvgIpc) is 2.77. The number of hydrogen-bond acceptors (Lipinski definition) is 5. The predicted molar refractivity (Wildman–Crippen MR) is 68.1 cm³/mol. The molecule has 0 amide bonds. The third-order valence-corrected chi connectivity index (χ3v) is 4.25. The van der Waals surface area contributed by atoms with E-state index in [0.29, 0.717) is 0 Å². The highest BCUT2D eigenvalue weighted by molar-refractivity contribution is 7.25. The van der Waals surface area contributed by atoms with Crippen LogP contribution < -0.4 is 5.32 Å². The molecule has 4 heterocycles.